The summed E-state index contributed by atoms with van der Waals surface area (Å²) >= 11 is 0. The van der Waals surface area contributed by atoms with E-state index in [0.717, 1.165) is 6.26 Å². The van der Waals surface area contributed by atoms with Gasteiger partial charge < -0.3 is 19.5 Å². The van der Waals surface area contributed by atoms with Crippen molar-refractivity contribution >= 4 is 28.0 Å². The second kappa shape index (κ2) is 8.87. The van der Waals surface area contributed by atoms with E-state index in [1.165, 1.54) is 34.5 Å². The third-order valence-electron chi connectivity index (χ3n) is 4.01. The van der Waals surface area contributed by atoms with Crippen molar-refractivity contribution in [2.24, 2.45) is 0 Å². The second-order valence-corrected chi connectivity index (χ2v) is 7.90. The summed E-state index contributed by atoms with van der Waals surface area (Å²) in [5.74, 6) is -0.811. The minimum Gasteiger partial charge on any atom is -0.504 e. The third kappa shape index (κ3) is 5.97. The molecule has 1 aromatic rings. The number of phenolic OH excluding ortho intramolecular Hbond substituents is 1. The molecule has 0 bridgehead atoms. The maximum atomic E-state index is 12.1. The molecule has 0 unspecified atom stereocenters. The van der Waals surface area contributed by atoms with Gasteiger partial charge in [0.2, 0.25) is 10.0 Å². The summed E-state index contributed by atoms with van der Waals surface area (Å²) in [7, 11) is -1.85. The van der Waals surface area contributed by atoms with E-state index in [-0.39, 0.29) is 43.6 Å². The van der Waals surface area contributed by atoms with E-state index in [4.69, 9.17) is 9.47 Å². The average Bonchev–Trinajstić information content (AvgIpc) is 2.64. The highest BCUT2D eigenvalue weighted by Gasteiger charge is 2.26. The molecule has 1 aliphatic heterocycles. The monoisotopic (exact) mass is 398 g/mol. The Hall–Kier alpha value is -2.59. The zero-order valence-corrected chi connectivity index (χ0v) is 15.9. The lowest BCUT2D eigenvalue weighted by Crippen LogP contribution is -2.51. The molecule has 0 aliphatic carbocycles. The van der Waals surface area contributed by atoms with Crippen LogP contribution in [0.15, 0.2) is 24.3 Å². The number of amides is 1. The van der Waals surface area contributed by atoms with Crippen LogP contribution in [0.25, 0.3) is 6.08 Å². The summed E-state index contributed by atoms with van der Waals surface area (Å²) in [6.07, 6.45) is 3.77. The van der Waals surface area contributed by atoms with Crippen molar-refractivity contribution < 1.29 is 32.6 Å². The van der Waals surface area contributed by atoms with E-state index in [2.05, 4.69) is 0 Å². The Morgan fingerprint density at radius 2 is 1.89 bits per heavy atom. The standard InChI is InChI=1S/C17H22N2O7S/c1-25-15-11-13(3-5-14(15)20)4-6-17(22)26-12-16(21)18-7-9-19(10-8-18)27(2,23)24/h3-6,11,20H,7-10,12H2,1-2H3/b6-4+. The third-order valence-corrected chi connectivity index (χ3v) is 5.32. The van der Waals surface area contributed by atoms with E-state index in [9.17, 15) is 23.1 Å². The van der Waals surface area contributed by atoms with Gasteiger partial charge in [0.05, 0.1) is 13.4 Å². The van der Waals surface area contributed by atoms with Crippen molar-refractivity contribution in [2.75, 3.05) is 46.2 Å². The Kier molecular flexibility index (Phi) is 6.81. The minimum atomic E-state index is -3.27. The van der Waals surface area contributed by atoms with Crippen LogP contribution in [0.4, 0.5) is 0 Å². The summed E-state index contributed by atoms with van der Waals surface area (Å²) in [4.78, 5) is 25.3. The smallest absolute Gasteiger partial charge is 0.331 e. The summed E-state index contributed by atoms with van der Waals surface area (Å²) < 4.78 is 34.1. The second-order valence-electron chi connectivity index (χ2n) is 5.92. The number of carbonyl (C=O) groups is 2. The van der Waals surface area contributed by atoms with Crippen LogP contribution in [0.1, 0.15) is 5.56 Å². The van der Waals surface area contributed by atoms with Gasteiger partial charge in [0.25, 0.3) is 5.91 Å². The first-order chi connectivity index (χ1) is 12.7. The quantitative estimate of drug-likeness (QED) is 0.532. The Labute approximate surface area is 157 Å². The topological polar surface area (TPSA) is 113 Å². The Morgan fingerprint density at radius 1 is 1.22 bits per heavy atom. The lowest BCUT2D eigenvalue weighted by atomic mass is 10.2. The fraction of sp³-hybridized carbons (Fsp3) is 0.412. The van der Waals surface area contributed by atoms with Crippen LogP contribution >= 0.6 is 0 Å². The van der Waals surface area contributed by atoms with Crippen LogP contribution in [0.2, 0.25) is 0 Å². The lowest BCUT2D eigenvalue weighted by Gasteiger charge is -2.33. The molecule has 0 saturated carbocycles. The van der Waals surface area contributed by atoms with Gasteiger partial charge in [-0.25, -0.2) is 13.2 Å². The molecule has 1 amide bonds. The number of carbonyl (C=O) groups excluding carboxylic acids is 2. The van der Waals surface area contributed by atoms with Crippen molar-refractivity contribution in [3.8, 4) is 11.5 Å². The molecule has 0 aromatic heterocycles. The first-order valence-electron chi connectivity index (χ1n) is 8.15. The zero-order valence-electron chi connectivity index (χ0n) is 15.1. The SMILES string of the molecule is COc1cc(/C=C/C(=O)OCC(=O)N2CCN(S(C)(=O)=O)CC2)ccc1O. The van der Waals surface area contributed by atoms with Crippen LogP contribution in [-0.4, -0.2) is 80.8 Å². The molecule has 1 fully saturated rings. The summed E-state index contributed by atoms with van der Waals surface area (Å²) in [6, 6.07) is 4.57. The largest absolute Gasteiger partial charge is 0.504 e. The maximum absolute atomic E-state index is 12.1. The first-order valence-corrected chi connectivity index (χ1v) is 10.0. The molecule has 2 rings (SSSR count). The highest BCUT2D eigenvalue weighted by Crippen LogP contribution is 2.26. The molecule has 148 valence electrons. The number of hydrogen-bond acceptors (Lipinski definition) is 7. The fourth-order valence-electron chi connectivity index (χ4n) is 2.50. The number of hydrogen-bond donors (Lipinski definition) is 1. The van der Waals surface area contributed by atoms with E-state index in [1.807, 2.05) is 0 Å². The van der Waals surface area contributed by atoms with Crippen LogP contribution < -0.4 is 4.74 Å². The number of nitrogens with zero attached hydrogens (tertiary/aromatic N) is 2. The molecule has 0 atom stereocenters. The molecule has 1 aliphatic rings. The van der Waals surface area contributed by atoms with Crippen molar-refractivity contribution in [3.05, 3.63) is 29.8 Å². The van der Waals surface area contributed by atoms with E-state index >= 15 is 0 Å². The van der Waals surface area contributed by atoms with Gasteiger partial charge in [-0.15, -0.1) is 0 Å². The number of esters is 1. The normalized spacial score (nSPS) is 15.7. The minimum absolute atomic E-state index is 0.0150. The van der Waals surface area contributed by atoms with E-state index in [1.54, 1.807) is 12.1 Å². The molecule has 0 radical (unpaired) electrons. The predicted molar refractivity (Wildman–Crippen MR) is 97.6 cm³/mol. The molecular formula is C17H22N2O7S. The number of sulfonamides is 1. The number of rotatable bonds is 6. The van der Waals surface area contributed by atoms with Gasteiger partial charge in [0.1, 0.15) is 0 Å². The predicted octanol–water partition coefficient (Wildman–Crippen LogP) is 0.0610. The van der Waals surface area contributed by atoms with Gasteiger partial charge in [-0.05, 0) is 23.8 Å². The highest BCUT2D eigenvalue weighted by molar-refractivity contribution is 7.88. The molecular weight excluding hydrogens is 376 g/mol. The van der Waals surface area contributed by atoms with Crippen molar-refractivity contribution in [3.63, 3.8) is 0 Å². The molecule has 1 saturated heterocycles. The number of piperazine rings is 1. The molecule has 10 heteroatoms. The van der Waals surface area contributed by atoms with Crippen LogP contribution in [0.3, 0.4) is 0 Å². The van der Waals surface area contributed by atoms with Crippen LogP contribution in [0, 0.1) is 0 Å². The van der Waals surface area contributed by atoms with Crippen LogP contribution in [0.5, 0.6) is 11.5 Å². The molecule has 1 heterocycles. The summed E-state index contributed by atoms with van der Waals surface area (Å²) in [6.45, 7) is 0.544. The number of methoxy groups -OCH3 is 1. The Bertz CT molecular complexity index is 828. The molecule has 0 spiro atoms. The molecule has 1 N–H and O–H groups in total. The van der Waals surface area contributed by atoms with Gasteiger partial charge >= 0.3 is 5.97 Å². The summed E-state index contributed by atoms with van der Waals surface area (Å²) in [5.41, 5.74) is 0.616. The zero-order chi connectivity index (χ0) is 20.0. The fourth-order valence-corrected chi connectivity index (χ4v) is 3.33. The van der Waals surface area contributed by atoms with Gasteiger partial charge in [0.15, 0.2) is 18.1 Å². The maximum Gasteiger partial charge on any atom is 0.331 e. The lowest BCUT2D eigenvalue weighted by molar-refractivity contribution is -0.148. The van der Waals surface area contributed by atoms with Gasteiger partial charge in [-0.3, -0.25) is 4.79 Å². The Morgan fingerprint density at radius 3 is 2.48 bits per heavy atom. The van der Waals surface area contributed by atoms with Crippen molar-refractivity contribution in [1.29, 1.82) is 0 Å². The molecule has 27 heavy (non-hydrogen) atoms. The van der Waals surface area contributed by atoms with Gasteiger partial charge in [-0.1, -0.05) is 6.07 Å². The van der Waals surface area contributed by atoms with E-state index < -0.39 is 22.6 Å². The first kappa shape index (κ1) is 20.7. The summed E-state index contributed by atoms with van der Waals surface area (Å²) in [5, 5.41) is 9.52. The van der Waals surface area contributed by atoms with E-state index in [0.29, 0.717) is 5.56 Å². The number of ether oxygens (including phenoxy) is 2. The number of phenols is 1. The van der Waals surface area contributed by atoms with Gasteiger partial charge in [-0.2, -0.15) is 4.31 Å². The van der Waals surface area contributed by atoms with Gasteiger partial charge in [0, 0.05) is 32.3 Å². The van der Waals surface area contributed by atoms with Crippen LogP contribution in [-0.2, 0) is 24.3 Å². The Balaban J connectivity index is 1.81. The average molecular weight is 398 g/mol. The van der Waals surface area contributed by atoms with Crippen molar-refractivity contribution in [1.82, 2.24) is 9.21 Å². The molecule has 1 aromatic carbocycles. The highest BCUT2D eigenvalue weighted by atomic mass is 32.2. The number of aromatic hydroxyl groups is 1. The number of benzene rings is 1. The van der Waals surface area contributed by atoms with Crippen molar-refractivity contribution in [2.45, 2.75) is 0 Å². The molecule has 9 nitrogen and oxygen atoms in total.